The number of carbonyl (C=O) groups is 2. The fourth-order valence-corrected chi connectivity index (χ4v) is 3.80. The Kier molecular flexibility index (Phi) is 4.13. The summed E-state index contributed by atoms with van der Waals surface area (Å²) < 4.78 is 0. The van der Waals surface area contributed by atoms with E-state index in [1.807, 2.05) is 6.08 Å². The molecule has 0 aromatic carbocycles. The molecule has 2 unspecified atom stereocenters. The molecule has 2 saturated heterocycles. The Morgan fingerprint density at radius 2 is 1.75 bits per heavy atom. The van der Waals surface area contributed by atoms with Crippen molar-refractivity contribution in [2.24, 2.45) is 11.8 Å². The number of halogens is 1. The molecule has 3 rings (SSSR count). The molecule has 0 aromatic heterocycles. The second kappa shape index (κ2) is 5.86. The van der Waals surface area contributed by atoms with Gasteiger partial charge in [-0.05, 0) is 38.8 Å². The van der Waals surface area contributed by atoms with Crippen LogP contribution in [0.3, 0.4) is 0 Å². The number of hydrogen-bond acceptors (Lipinski definition) is 3. The van der Waals surface area contributed by atoms with Crippen molar-refractivity contribution in [1.29, 1.82) is 0 Å². The van der Waals surface area contributed by atoms with Gasteiger partial charge in [0.1, 0.15) is 0 Å². The van der Waals surface area contributed by atoms with E-state index >= 15 is 0 Å². The number of hydrogen-bond donors (Lipinski definition) is 0. The summed E-state index contributed by atoms with van der Waals surface area (Å²) in [6, 6.07) is 0. The molecule has 0 aromatic rings. The van der Waals surface area contributed by atoms with Crippen LogP contribution in [0.1, 0.15) is 32.1 Å². The van der Waals surface area contributed by atoms with E-state index < -0.39 is 0 Å². The van der Waals surface area contributed by atoms with Gasteiger partial charge in [-0.2, -0.15) is 0 Å². The lowest BCUT2D eigenvalue weighted by atomic mass is 9.85. The van der Waals surface area contributed by atoms with Crippen LogP contribution >= 0.6 is 11.6 Å². The van der Waals surface area contributed by atoms with Crippen LogP contribution in [-0.2, 0) is 9.59 Å². The van der Waals surface area contributed by atoms with Crippen LogP contribution in [0.5, 0.6) is 0 Å². The van der Waals surface area contributed by atoms with Gasteiger partial charge in [0.05, 0.1) is 11.8 Å². The highest BCUT2D eigenvalue weighted by Crippen LogP contribution is 2.38. The number of likely N-dealkylation sites (tertiary alicyclic amines) is 2. The smallest absolute Gasteiger partial charge is 0.233 e. The van der Waals surface area contributed by atoms with E-state index in [-0.39, 0.29) is 23.7 Å². The summed E-state index contributed by atoms with van der Waals surface area (Å²) in [4.78, 5) is 28.6. The molecule has 0 N–H and O–H groups in total. The first-order chi connectivity index (χ1) is 9.66. The van der Waals surface area contributed by atoms with Gasteiger partial charge in [-0.1, -0.05) is 24.1 Å². The lowest BCUT2D eigenvalue weighted by molar-refractivity contribution is -0.140. The average molecular weight is 297 g/mol. The maximum atomic E-state index is 12.4. The Labute approximate surface area is 124 Å². The fraction of sp³-hybridized carbons (Fsp3) is 0.733. The van der Waals surface area contributed by atoms with Gasteiger partial charge in [0.15, 0.2) is 0 Å². The average Bonchev–Trinajstić information content (AvgIpc) is 2.70. The van der Waals surface area contributed by atoms with Crippen LogP contribution in [-0.4, -0.2) is 47.8 Å². The van der Waals surface area contributed by atoms with E-state index in [1.54, 1.807) is 0 Å². The molecule has 2 heterocycles. The number of rotatable bonds is 3. The maximum Gasteiger partial charge on any atom is 0.233 e. The van der Waals surface area contributed by atoms with E-state index in [0.29, 0.717) is 19.4 Å². The number of nitrogens with zero attached hydrogens (tertiary/aromatic N) is 2. The molecule has 2 amide bonds. The predicted octanol–water partition coefficient (Wildman–Crippen LogP) is 1.99. The zero-order valence-corrected chi connectivity index (χ0v) is 12.4. The molecular formula is C15H21ClN2O2. The highest BCUT2D eigenvalue weighted by atomic mass is 35.5. The van der Waals surface area contributed by atoms with Crippen molar-refractivity contribution in [3.63, 3.8) is 0 Å². The second-order valence-electron chi connectivity index (χ2n) is 6.03. The topological polar surface area (TPSA) is 40.6 Å². The third kappa shape index (κ3) is 2.63. The van der Waals surface area contributed by atoms with Crippen molar-refractivity contribution in [2.75, 3.05) is 26.2 Å². The van der Waals surface area contributed by atoms with Crippen LogP contribution in [0.25, 0.3) is 0 Å². The third-order valence-electron chi connectivity index (χ3n) is 4.75. The minimum Gasteiger partial charge on any atom is -0.302 e. The van der Waals surface area contributed by atoms with Gasteiger partial charge in [0.2, 0.25) is 11.8 Å². The zero-order valence-electron chi connectivity index (χ0n) is 11.7. The van der Waals surface area contributed by atoms with Gasteiger partial charge < -0.3 is 4.90 Å². The largest absolute Gasteiger partial charge is 0.302 e. The van der Waals surface area contributed by atoms with Crippen LogP contribution in [0, 0.1) is 11.8 Å². The predicted molar refractivity (Wildman–Crippen MR) is 77.2 cm³/mol. The van der Waals surface area contributed by atoms with Crippen molar-refractivity contribution < 1.29 is 9.59 Å². The highest BCUT2D eigenvalue weighted by Gasteiger charge is 2.48. The normalized spacial score (nSPS) is 31.4. The zero-order chi connectivity index (χ0) is 14.1. The Morgan fingerprint density at radius 3 is 2.50 bits per heavy atom. The van der Waals surface area contributed by atoms with Crippen LogP contribution < -0.4 is 0 Å². The molecule has 0 saturated carbocycles. The second-order valence-corrected chi connectivity index (χ2v) is 6.52. The monoisotopic (exact) mass is 296 g/mol. The number of fused-ring (bicyclic) bond motifs is 1. The summed E-state index contributed by atoms with van der Waals surface area (Å²) in [7, 11) is 0. The molecule has 4 nitrogen and oxygen atoms in total. The van der Waals surface area contributed by atoms with Crippen LogP contribution in [0.15, 0.2) is 11.1 Å². The summed E-state index contributed by atoms with van der Waals surface area (Å²) in [5, 5.41) is 0.727. The lowest BCUT2D eigenvalue weighted by Crippen LogP contribution is -2.40. The number of amides is 2. The SMILES string of the molecule is O=C1C2CC=C(Cl)CC2C(=O)N1CCN1CCCCC1. The molecule has 110 valence electrons. The molecule has 2 fully saturated rings. The van der Waals surface area contributed by atoms with E-state index in [2.05, 4.69) is 4.90 Å². The number of carbonyl (C=O) groups excluding carboxylic acids is 2. The summed E-state index contributed by atoms with van der Waals surface area (Å²) in [5.74, 6) is -0.367. The lowest BCUT2D eigenvalue weighted by Gasteiger charge is -2.28. The number of piperidine rings is 1. The Bertz CT molecular complexity index is 443. The van der Waals surface area contributed by atoms with Gasteiger partial charge >= 0.3 is 0 Å². The van der Waals surface area contributed by atoms with Crippen LogP contribution in [0.2, 0.25) is 0 Å². The third-order valence-corrected chi connectivity index (χ3v) is 5.06. The van der Waals surface area contributed by atoms with Crippen molar-refractivity contribution >= 4 is 23.4 Å². The van der Waals surface area contributed by atoms with Crippen molar-refractivity contribution in [2.45, 2.75) is 32.1 Å². The first-order valence-corrected chi connectivity index (χ1v) is 7.96. The molecule has 1 aliphatic carbocycles. The van der Waals surface area contributed by atoms with Crippen molar-refractivity contribution in [3.05, 3.63) is 11.1 Å². The van der Waals surface area contributed by atoms with Crippen molar-refractivity contribution in [1.82, 2.24) is 9.80 Å². The Balaban J connectivity index is 1.60. The van der Waals surface area contributed by atoms with E-state index in [9.17, 15) is 9.59 Å². The summed E-state index contributed by atoms with van der Waals surface area (Å²) in [6.45, 7) is 3.55. The molecule has 0 spiro atoms. The molecule has 2 atom stereocenters. The minimum atomic E-state index is -0.207. The van der Waals surface area contributed by atoms with E-state index in [0.717, 1.165) is 24.7 Å². The molecule has 5 heteroatoms. The highest BCUT2D eigenvalue weighted by molar-refractivity contribution is 6.30. The molecule has 20 heavy (non-hydrogen) atoms. The maximum absolute atomic E-state index is 12.4. The van der Waals surface area contributed by atoms with E-state index in [1.165, 1.54) is 24.2 Å². The van der Waals surface area contributed by atoms with E-state index in [4.69, 9.17) is 11.6 Å². The van der Waals surface area contributed by atoms with Crippen molar-refractivity contribution in [3.8, 4) is 0 Å². The van der Waals surface area contributed by atoms with Gasteiger partial charge in [-0.3, -0.25) is 14.5 Å². The number of allylic oxidation sites excluding steroid dienone is 2. The summed E-state index contributed by atoms with van der Waals surface area (Å²) in [6.07, 6.45) is 6.80. The van der Waals surface area contributed by atoms with Gasteiger partial charge in [-0.25, -0.2) is 0 Å². The van der Waals surface area contributed by atoms with Gasteiger partial charge in [-0.15, -0.1) is 0 Å². The number of imide groups is 1. The molecular weight excluding hydrogens is 276 g/mol. The van der Waals surface area contributed by atoms with Gasteiger partial charge in [0.25, 0.3) is 0 Å². The minimum absolute atomic E-state index is 0.0109. The molecule has 2 aliphatic heterocycles. The Hall–Kier alpha value is -0.870. The molecule has 0 radical (unpaired) electrons. The standard InChI is InChI=1S/C15H21ClN2O2/c16-11-4-5-12-13(10-11)15(20)18(14(12)19)9-8-17-6-2-1-3-7-17/h4,12-13H,1-3,5-10H2. The molecule has 0 bridgehead atoms. The van der Waals surface area contributed by atoms with Gasteiger partial charge in [0, 0.05) is 18.1 Å². The molecule has 3 aliphatic rings. The quantitative estimate of drug-likeness (QED) is 0.748. The fourth-order valence-electron chi connectivity index (χ4n) is 3.54. The first kappa shape index (κ1) is 14.1. The summed E-state index contributed by atoms with van der Waals surface area (Å²) in [5.41, 5.74) is 0. The summed E-state index contributed by atoms with van der Waals surface area (Å²) >= 11 is 6.01. The first-order valence-electron chi connectivity index (χ1n) is 7.59. The van der Waals surface area contributed by atoms with Crippen LogP contribution in [0.4, 0.5) is 0 Å². The Morgan fingerprint density at radius 1 is 1.05 bits per heavy atom.